The molecule has 148 valence electrons. The number of morpholine rings is 1. The second kappa shape index (κ2) is 8.02. The van der Waals surface area contributed by atoms with E-state index in [4.69, 9.17) is 4.74 Å². The van der Waals surface area contributed by atoms with E-state index in [9.17, 15) is 14.7 Å². The van der Waals surface area contributed by atoms with Crippen LogP contribution in [-0.4, -0.2) is 64.4 Å². The highest BCUT2D eigenvalue weighted by atomic mass is 16.5. The van der Waals surface area contributed by atoms with Crippen LogP contribution in [0.1, 0.15) is 32.8 Å². The van der Waals surface area contributed by atoms with Gasteiger partial charge in [-0.1, -0.05) is 12.1 Å². The number of ether oxygens (including phenoxy) is 1. The van der Waals surface area contributed by atoms with Gasteiger partial charge in [0.1, 0.15) is 5.75 Å². The zero-order chi connectivity index (χ0) is 19.5. The number of nitrogens with zero attached hydrogens (tertiary/aromatic N) is 3. The highest BCUT2D eigenvalue weighted by Gasteiger charge is 2.28. The normalized spacial score (nSPS) is 19.1. The number of hydrogen-bond donors (Lipinski definition) is 2. The smallest absolute Gasteiger partial charge is 0.257 e. The van der Waals surface area contributed by atoms with Gasteiger partial charge in [0.25, 0.3) is 11.8 Å². The second-order valence-electron chi connectivity index (χ2n) is 7.22. The third kappa shape index (κ3) is 3.73. The zero-order valence-electron chi connectivity index (χ0n) is 15.6. The Morgan fingerprint density at radius 2 is 1.96 bits per heavy atom. The first-order valence-electron chi connectivity index (χ1n) is 9.61. The van der Waals surface area contributed by atoms with Crippen molar-refractivity contribution in [3.63, 3.8) is 0 Å². The molecule has 3 heterocycles. The Labute approximate surface area is 163 Å². The summed E-state index contributed by atoms with van der Waals surface area (Å²) >= 11 is 0. The van der Waals surface area contributed by atoms with Gasteiger partial charge in [-0.2, -0.15) is 5.10 Å². The van der Waals surface area contributed by atoms with Gasteiger partial charge in [-0.15, -0.1) is 0 Å². The molecule has 2 N–H and O–H groups in total. The second-order valence-corrected chi connectivity index (χ2v) is 7.22. The molecular formula is C20H24N4O4. The third-order valence-corrected chi connectivity index (χ3v) is 5.41. The average molecular weight is 384 g/mol. The molecule has 1 saturated heterocycles. The van der Waals surface area contributed by atoms with E-state index in [0.29, 0.717) is 44.8 Å². The summed E-state index contributed by atoms with van der Waals surface area (Å²) in [6.45, 7) is 3.55. The lowest BCUT2D eigenvalue weighted by Gasteiger charge is -2.28. The molecule has 2 aromatic rings. The van der Waals surface area contributed by atoms with Crippen LogP contribution in [0.15, 0.2) is 30.5 Å². The molecule has 1 aromatic carbocycles. The van der Waals surface area contributed by atoms with Crippen LogP contribution in [0.5, 0.6) is 5.75 Å². The van der Waals surface area contributed by atoms with Gasteiger partial charge in [0, 0.05) is 26.2 Å². The number of phenols is 1. The highest BCUT2D eigenvalue weighted by Crippen LogP contribution is 2.24. The van der Waals surface area contributed by atoms with Crippen molar-refractivity contribution in [3.05, 3.63) is 47.3 Å². The Morgan fingerprint density at radius 3 is 2.75 bits per heavy atom. The van der Waals surface area contributed by atoms with Gasteiger partial charge in [-0.05, 0) is 30.9 Å². The van der Waals surface area contributed by atoms with Crippen LogP contribution in [-0.2, 0) is 17.7 Å². The number of aromatic hydroxyl groups is 1. The number of fused-ring (bicyclic) bond motifs is 1. The molecule has 1 atom stereocenters. The summed E-state index contributed by atoms with van der Waals surface area (Å²) in [6.07, 6.45) is 3.23. The van der Waals surface area contributed by atoms with Gasteiger partial charge >= 0.3 is 0 Å². The summed E-state index contributed by atoms with van der Waals surface area (Å²) in [5.41, 5.74) is 1.86. The Kier molecular flexibility index (Phi) is 5.29. The van der Waals surface area contributed by atoms with E-state index < -0.39 is 0 Å². The zero-order valence-corrected chi connectivity index (χ0v) is 15.6. The van der Waals surface area contributed by atoms with Crippen molar-refractivity contribution in [1.29, 1.82) is 0 Å². The summed E-state index contributed by atoms with van der Waals surface area (Å²) in [7, 11) is 0. The highest BCUT2D eigenvalue weighted by molar-refractivity contribution is 5.97. The molecule has 1 fully saturated rings. The first-order chi connectivity index (χ1) is 13.6. The number of carbonyl (C=O) groups is 2. The molecule has 0 spiro atoms. The molecule has 0 unspecified atom stereocenters. The minimum absolute atomic E-state index is 0.00319. The number of benzene rings is 1. The first-order valence-corrected chi connectivity index (χ1v) is 9.61. The molecule has 0 aliphatic carbocycles. The molecule has 2 aliphatic rings. The number of hydrogen-bond acceptors (Lipinski definition) is 5. The van der Waals surface area contributed by atoms with Crippen molar-refractivity contribution < 1.29 is 19.4 Å². The summed E-state index contributed by atoms with van der Waals surface area (Å²) in [4.78, 5) is 27.0. The van der Waals surface area contributed by atoms with Crippen LogP contribution in [0.25, 0.3) is 0 Å². The fourth-order valence-corrected chi connectivity index (χ4v) is 3.79. The monoisotopic (exact) mass is 384 g/mol. The fourth-order valence-electron chi connectivity index (χ4n) is 3.79. The predicted octanol–water partition coefficient (Wildman–Crippen LogP) is 1.05. The van der Waals surface area contributed by atoms with Crippen molar-refractivity contribution in [1.82, 2.24) is 20.0 Å². The largest absolute Gasteiger partial charge is 0.507 e. The molecule has 28 heavy (non-hydrogen) atoms. The van der Waals surface area contributed by atoms with E-state index in [1.54, 1.807) is 24.4 Å². The number of aromatic nitrogens is 2. The van der Waals surface area contributed by atoms with Crippen LogP contribution >= 0.6 is 0 Å². The molecule has 8 nitrogen and oxygen atoms in total. The van der Waals surface area contributed by atoms with E-state index in [-0.39, 0.29) is 29.0 Å². The molecule has 2 amide bonds. The van der Waals surface area contributed by atoms with Crippen LogP contribution < -0.4 is 5.32 Å². The number of carbonyl (C=O) groups excluding carboxylic acids is 2. The topological polar surface area (TPSA) is 96.7 Å². The number of rotatable bonds is 4. The molecule has 0 bridgehead atoms. The number of nitrogens with one attached hydrogen (secondary N) is 1. The third-order valence-electron chi connectivity index (χ3n) is 5.41. The van der Waals surface area contributed by atoms with Crippen LogP contribution in [0.2, 0.25) is 0 Å². The Morgan fingerprint density at radius 1 is 1.18 bits per heavy atom. The summed E-state index contributed by atoms with van der Waals surface area (Å²) in [5, 5.41) is 17.1. The molecular weight excluding hydrogens is 360 g/mol. The minimum Gasteiger partial charge on any atom is -0.507 e. The van der Waals surface area contributed by atoms with Gasteiger partial charge < -0.3 is 20.1 Å². The number of aryl methyl sites for hydroxylation is 1. The molecule has 0 saturated carbocycles. The summed E-state index contributed by atoms with van der Waals surface area (Å²) < 4.78 is 7.22. The molecule has 2 aliphatic heterocycles. The maximum atomic E-state index is 12.8. The van der Waals surface area contributed by atoms with Crippen molar-refractivity contribution in [2.45, 2.75) is 19.4 Å². The molecule has 8 heteroatoms. The fraction of sp³-hybridized carbons (Fsp3) is 0.450. The minimum atomic E-state index is -0.290. The van der Waals surface area contributed by atoms with E-state index in [1.807, 2.05) is 9.58 Å². The van der Waals surface area contributed by atoms with E-state index >= 15 is 0 Å². The average Bonchev–Trinajstić information content (AvgIpc) is 3.15. The summed E-state index contributed by atoms with van der Waals surface area (Å²) in [5.74, 6) is -0.0967. The van der Waals surface area contributed by atoms with Gasteiger partial charge in [-0.3, -0.25) is 14.3 Å². The van der Waals surface area contributed by atoms with Crippen molar-refractivity contribution in [2.24, 2.45) is 5.92 Å². The first kappa shape index (κ1) is 18.5. The van der Waals surface area contributed by atoms with Crippen LogP contribution in [0.3, 0.4) is 0 Å². The number of para-hydroxylation sites is 1. The predicted molar refractivity (Wildman–Crippen MR) is 101 cm³/mol. The number of amides is 2. The SMILES string of the molecule is O=C(NC[C@@H]1CCn2ncc(C(=O)N3CCOCC3)c2C1)c1ccccc1O. The van der Waals surface area contributed by atoms with Gasteiger partial charge in [0.15, 0.2) is 0 Å². The van der Waals surface area contributed by atoms with E-state index in [1.165, 1.54) is 6.07 Å². The summed E-state index contributed by atoms with van der Waals surface area (Å²) in [6, 6.07) is 6.50. The number of phenolic OH excluding ortho intramolecular Hbond substituents is 1. The Hall–Kier alpha value is -2.87. The molecule has 4 rings (SSSR count). The van der Waals surface area contributed by atoms with Crippen LogP contribution in [0.4, 0.5) is 0 Å². The lowest BCUT2D eigenvalue weighted by molar-refractivity contribution is 0.0301. The Balaban J connectivity index is 1.40. The van der Waals surface area contributed by atoms with Gasteiger partial charge in [0.2, 0.25) is 0 Å². The van der Waals surface area contributed by atoms with Crippen molar-refractivity contribution in [2.75, 3.05) is 32.8 Å². The van der Waals surface area contributed by atoms with Gasteiger partial charge in [-0.25, -0.2) is 0 Å². The Bertz CT molecular complexity index is 873. The molecule has 0 radical (unpaired) electrons. The van der Waals surface area contributed by atoms with Crippen molar-refractivity contribution >= 4 is 11.8 Å². The van der Waals surface area contributed by atoms with Crippen LogP contribution in [0, 0.1) is 5.92 Å². The lowest BCUT2D eigenvalue weighted by Crippen LogP contribution is -2.41. The standard InChI is InChI=1S/C20H24N4O4/c25-18-4-2-1-3-15(18)19(26)21-12-14-5-6-24-17(11-14)16(13-22-24)20(27)23-7-9-28-10-8-23/h1-4,13-14,25H,5-12H2,(H,21,26)/t14-/m1/s1. The van der Waals surface area contributed by atoms with E-state index in [0.717, 1.165) is 18.7 Å². The lowest BCUT2D eigenvalue weighted by atomic mass is 9.94. The van der Waals surface area contributed by atoms with Gasteiger partial charge in [0.05, 0.1) is 36.2 Å². The quantitative estimate of drug-likeness (QED) is 0.822. The van der Waals surface area contributed by atoms with Crippen molar-refractivity contribution in [3.8, 4) is 5.75 Å². The van der Waals surface area contributed by atoms with E-state index in [2.05, 4.69) is 10.4 Å². The molecule has 1 aromatic heterocycles. The maximum absolute atomic E-state index is 12.8. The maximum Gasteiger partial charge on any atom is 0.257 e.